The van der Waals surface area contributed by atoms with Crippen molar-refractivity contribution in [1.29, 1.82) is 0 Å². The van der Waals surface area contributed by atoms with Gasteiger partial charge >= 0.3 is 0 Å². The highest BCUT2D eigenvalue weighted by atomic mass is 35.5. The molecule has 0 spiro atoms. The predicted octanol–water partition coefficient (Wildman–Crippen LogP) is 3.67. The highest BCUT2D eigenvalue weighted by Gasteiger charge is 2.04. The average Bonchev–Trinajstić information content (AvgIpc) is 2.66. The van der Waals surface area contributed by atoms with Gasteiger partial charge in [-0.15, -0.1) is 0 Å². The first kappa shape index (κ1) is 19.7. The SMILES string of the molecule is O=C(CCCCC(=O)NN=Cc1ccccc1Cl)NCc1ccccc1. The van der Waals surface area contributed by atoms with Crippen LogP contribution in [0.25, 0.3) is 0 Å². The molecule has 2 aromatic carbocycles. The summed E-state index contributed by atoms with van der Waals surface area (Å²) in [5, 5.41) is 7.34. The maximum Gasteiger partial charge on any atom is 0.240 e. The number of amides is 2. The standard InChI is InChI=1S/C20H22ClN3O2/c21-18-11-5-4-10-17(18)15-23-24-20(26)13-7-6-12-19(25)22-14-16-8-2-1-3-9-16/h1-5,8-11,15H,6-7,12-14H2,(H,22,25)(H,24,26). The Hall–Kier alpha value is -2.66. The molecule has 2 N–H and O–H groups in total. The second-order valence-corrected chi connectivity index (χ2v) is 6.19. The molecule has 0 aliphatic rings. The van der Waals surface area contributed by atoms with Crippen molar-refractivity contribution in [2.24, 2.45) is 5.10 Å². The number of hydrogen-bond donors (Lipinski definition) is 2. The van der Waals surface area contributed by atoms with Gasteiger partial charge in [-0.2, -0.15) is 5.10 Å². The fraction of sp³-hybridized carbons (Fsp3) is 0.250. The number of carbonyl (C=O) groups is 2. The molecule has 0 fully saturated rings. The third-order valence-corrected chi connectivity index (χ3v) is 4.03. The molecule has 26 heavy (non-hydrogen) atoms. The van der Waals surface area contributed by atoms with Gasteiger partial charge in [0.25, 0.3) is 0 Å². The zero-order chi connectivity index (χ0) is 18.6. The van der Waals surface area contributed by atoms with Crippen LogP contribution in [0.2, 0.25) is 5.02 Å². The Morgan fingerprint density at radius 2 is 1.58 bits per heavy atom. The number of nitrogens with zero attached hydrogens (tertiary/aromatic N) is 1. The van der Waals surface area contributed by atoms with Crippen molar-refractivity contribution in [2.45, 2.75) is 32.2 Å². The molecule has 0 aromatic heterocycles. The van der Waals surface area contributed by atoms with Crippen LogP contribution in [0.15, 0.2) is 59.7 Å². The van der Waals surface area contributed by atoms with E-state index in [1.165, 1.54) is 6.21 Å². The largest absolute Gasteiger partial charge is 0.352 e. The molecule has 0 saturated carbocycles. The maximum atomic E-state index is 11.8. The lowest BCUT2D eigenvalue weighted by atomic mass is 10.1. The van der Waals surface area contributed by atoms with E-state index in [4.69, 9.17) is 11.6 Å². The molecule has 2 rings (SSSR count). The Balaban J connectivity index is 1.57. The smallest absolute Gasteiger partial charge is 0.240 e. The molecular formula is C20H22ClN3O2. The first-order chi connectivity index (χ1) is 12.6. The minimum atomic E-state index is -0.182. The molecule has 0 saturated heterocycles. The average molecular weight is 372 g/mol. The normalized spacial score (nSPS) is 10.7. The van der Waals surface area contributed by atoms with Gasteiger partial charge in [0.15, 0.2) is 0 Å². The third-order valence-electron chi connectivity index (χ3n) is 3.69. The van der Waals surface area contributed by atoms with Crippen molar-refractivity contribution in [3.05, 3.63) is 70.7 Å². The van der Waals surface area contributed by atoms with Gasteiger partial charge in [-0.3, -0.25) is 9.59 Å². The Labute approximate surface area is 158 Å². The summed E-state index contributed by atoms with van der Waals surface area (Å²) in [5.74, 6) is -0.191. The highest BCUT2D eigenvalue weighted by Crippen LogP contribution is 2.12. The zero-order valence-electron chi connectivity index (χ0n) is 14.5. The quantitative estimate of drug-likeness (QED) is 0.401. The van der Waals surface area contributed by atoms with Crippen LogP contribution in [-0.2, 0) is 16.1 Å². The number of hydrogen-bond acceptors (Lipinski definition) is 3. The third kappa shape index (κ3) is 7.49. The van der Waals surface area contributed by atoms with Crippen LogP contribution in [0, 0.1) is 0 Å². The summed E-state index contributed by atoms with van der Waals surface area (Å²) < 4.78 is 0. The van der Waals surface area contributed by atoms with Crippen molar-refractivity contribution in [2.75, 3.05) is 0 Å². The number of hydrazone groups is 1. The lowest BCUT2D eigenvalue weighted by molar-refractivity contribution is -0.123. The van der Waals surface area contributed by atoms with Crippen LogP contribution in [0.4, 0.5) is 0 Å². The summed E-state index contributed by atoms with van der Waals surface area (Å²) in [5.41, 5.74) is 4.27. The van der Waals surface area contributed by atoms with Crippen molar-refractivity contribution < 1.29 is 9.59 Å². The lowest BCUT2D eigenvalue weighted by Crippen LogP contribution is -2.22. The predicted molar refractivity (Wildman–Crippen MR) is 104 cm³/mol. The summed E-state index contributed by atoms with van der Waals surface area (Å²) >= 11 is 5.99. The van der Waals surface area contributed by atoms with Crippen LogP contribution in [0.5, 0.6) is 0 Å². The van der Waals surface area contributed by atoms with Gasteiger partial charge in [-0.25, -0.2) is 5.43 Å². The molecule has 0 unspecified atom stereocenters. The molecular weight excluding hydrogens is 350 g/mol. The molecule has 6 heteroatoms. The zero-order valence-corrected chi connectivity index (χ0v) is 15.2. The van der Waals surface area contributed by atoms with Gasteiger partial charge in [-0.05, 0) is 24.5 Å². The van der Waals surface area contributed by atoms with Gasteiger partial charge in [0.1, 0.15) is 0 Å². The Bertz CT molecular complexity index is 748. The summed E-state index contributed by atoms with van der Waals surface area (Å²) in [6, 6.07) is 17.0. The van der Waals surface area contributed by atoms with E-state index in [1.807, 2.05) is 48.5 Å². The molecule has 0 aliphatic heterocycles. The van der Waals surface area contributed by atoms with E-state index < -0.39 is 0 Å². The summed E-state index contributed by atoms with van der Waals surface area (Å²) in [6.45, 7) is 0.525. The lowest BCUT2D eigenvalue weighted by Gasteiger charge is -2.05. The summed E-state index contributed by atoms with van der Waals surface area (Å²) in [7, 11) is 0. The number of nitrogens with one attached hydrogen (secondary N) is 2. The monoisotopic (exact) mass is 371 g/mol. The fourth-order valence-electron chi connectivity index (χ4n) is 2.27. The van der Waals surface area contributed by atoms with E-state index >= 15 is 0 Å². The van der Waals surface area contributed by atoms with Gasteiger partial charge < -0.3 is 5.32 Å². The molecule has 2 aromatic rings. The summed E-state index contributed by atoms with van der Waals surface area (Å²) in [6.07, 6.45) is 3.53. The van der Waals surface area contributed by atoms with E-state index in [0.29, 0.717) is 37.3 Å². The number of halogens is 1. The van der Waals surface area contributed by atoms with E-state index in [1.54, 1.807) is 6.07 Å². The number of benzene rings is 2. The molecule has 0 heterocycles. The molecule has 136 valence electrons. The minimum absolute atomic E-state index is 0.00833. The molecule has 0 radical (unpaired) electrons. The van der Waals surface area contributed by atoms with Crippen LogP contribution in [-0.4, -0.2) is 18.0 Å². The van der Waals surface area contributed by atoms with Crippen LogP contribution < -0.4 is 10.7 Å². The second-order valence-electron chi connectivity index (χ2n) is 5.78. The van der Waals surface area contributed by atoms with Crippen molar-refractivity contribution in [3.8, 4) is 0 Å². The van der Waals surface area contributed by atoms with E-state index in [9.17, 15) is 9.59 Å². The highest BCUT2D eigenvalue weighted by molar-refractivity contribution is 6.33. The van der Waals surface area contributed by atoms with Crippen molar-refractivity contribution >= 4 is 29.6 Å². The van der Waals surface area contributed by atoms with Gasteiger partial charge in [0, 0.05) is 30.0 Å². The number of rotatable bonds is 9. The molecule has 0 aliphatic carbocycles. The van der Waals surface area contributed by atoms with Gasteiger partial charge in [0.2, 0.25) is 11.8 Å². The molecule has 0 bridgehead atoms. The summed E-state index contributed by atoms with van der Waals surface area (Å²) in [4.78, 5) is 23.5. The van der Waals surface area contributed by atoms with Gasteiger partial charge in [0.05, 0.1) is 6.21 Å². The van der Waals surface area contributed by atoms with Gasteiger partial charge in [-0.1, -0.05) is 60.1 Å². The second kappa shape index (κ2) is 11.1. The number of carbonyl (C=O) groups excluding carboxylic acids is 2. The Morgan fingerprint density at radius 3 is 2.31 bits per heavy atom. The van der Waals surface area contributed by atoms with E-state index in [2.05, 4.69) is 15.8 Å². The van der Waals surface area contributed by atoms with Crippen LogP contribution in [0.3, 0.4) is 0 Å². The Kier molecular flexibility index (Phi) is 8.36. The van der Waals surface area contributed by atoms with Crippen LogP contribution in [0.1, 0.15) is 36.8 Å². The molecule has 0 atom stereocenters. The topological polar surface area (TPSA) is 70.6 Å². The first-order valence-corrected chi connectivity index (χ1v) is 8.90. The number of unbranched alkanes of at least 4 members (excludes halogenated alkanes) is 1. The molecule has 5 nitrogen and oxygen atoms in total. The molecule has 2 amide bonds. The van der Waals surface area contributed by atoms with Crippen molar-refractivity contribution in [3.63, 3.8) is 0 Å². The van der Waals surface area contributed by atoms with Crippen molar-refractivity contribution in [1.82, 2.24) is 10.7 Å². The maximum absolute atomic E-state index is 11.8. The minimum Gasteiger partial charge on any atom is -0.352 e. The van der Waals surface area contributed by atoms with E-state index in [0.717, 1.165) is 11.1 Å². The first-order valence-electron chi connectivity index (χ1n) is 8.52. The Morgan fingerprint density at radius 1 is 0.923 bits per heavy atom. The van der Waals surface area contributed by atoms with E-state index in [-0.39, 0.29) is 11.8 Å². The van der Waals surface area contributed by atoms with Crippen LogP contribution >= 0.6 is 11.6 Å². The fourth-order valence-corrected chi connectivity index (χ4v) is 2.45.